The molecule has 162 valence electrons. The van der Waals surface area contributed by atoms with Crippen LogP contribution in [0.3, 0.4) is 0 Å². The molecule has 9 heteroatoms. The predicted octanol–water partition coefficient (Wildman–Crippen LogP) is 1.89. The summed E-state index contributed by atoms with van der Waals surface area (Å²) in [4.78, 5) is 23.7. The van der Waals surface area contributed by atoms with Crippen molar-refractivity contribution >= 4 is 12.3 Å². The van der Waals surface area contributed by atoms with Gasteiger partial charge in [0.15, 0.2) is 11.6 Å². The molecule has 2 rings (SSSR count). The number of nitrogens with zero attached hydrogens (tertiary/aromatic N) is 1. The second kappa shape index (κ2) is 12.4. The largest absolute Gasteiger partial charge is 0.490 e. The van der Waals surface area contributed by atoms with Crippen LogP contribution >= 0.6 is 0 Å². The third kappa shape index (κ3) is 8.35. The molecule has 1 aliphatic carbocycles. The van der Waals surface area contributed by atoms with Crippen molar-refractivity contribution in [3.05, 3.63) is 29.6 Å². The normalized spacial score (nSPS) is 14.3. The molecule has 4 N–H and O–H groups in total. The number of unbranched alkanes of at least 4 members (excludes halogenated alkanes) is 1. The van der Waals surface area contributed by atoms with Gasteiger partial charge in [-0.25, -0.2) is 20.0 Å². The zero-order valence-corrected chi connectivity index (χ0v) is 17.2. The van der Waals surface area contributed by atoms with Crippen molar-refractivity contribution in [1.82, 2.24) is 26.6 Å². The van der Waals surface area contributed by atoms with Crippen LogP contribution in [0.4, 0.5) is 9.18 Å². The summed E-state index contributed by atoms with van der Waals surface area (Å²) in [7, 11) is 1.54. The number of hydrogen-bond acceptors (Lipinski definition) is 6. The van der Waals surface area contributed by atoms with Gasteiger partial charge in [-0.3, -0.25) is 0 Å². The number of amides is 2. The van der Waals surface area contributed by atoms with Gasteiger partial charge in [-0.2, -0.15) is 5.53 Å². The van der Waals surface area contributed by atoms with Crippen LogP contribution in [0.2, 0.25) is 0 Å². The zero-order chi connectivity index (χ0) is 21.1. The van der Waals surface area contributed by atoms with Gasteiger partial charge in [-0.1, -0.05) is 6.07 Å². The summed E-state index contributed by atoms with van der Waals surface area (Å²) in [6, 6.07) is 4.60. The van der Waals surface area contributed by atoms with Crippen LogP contribution in [0.1, 0.15) is 44.2 Å². The molecular formula is C20H32FN5O3. The van der Waals surface area contributed by atoms with E-state index in [9.17, 15) is 14.0 Å². The molecule has 1 saturated carbocycles. The average molecular weight is 410 g/mol. The van der Waals surface area contributed by atoms with Gasteiger partial charge in [0, 0.05) is 26.2 Å². The van der Waals surface area contributed by atoms with E-state index in [0.717, 1.165) is 37.5 Å². The van der Waals surface area contributed by atoms with E-state index in [1.54, 1.807) is 19.2 Å². The van der Waals surface area contributed by atoms with Gasteiger partial charge < -0.3 is 19.7 Å². The van der Waals surface area contributed by atoms with Crippen molar-refractivity contribution in [1.29, 1.82) is 0 Å². The Bertz CT molecular complexity index is 657. The third-order valence-electron chi connectivity index (χ3n) is 4.78. The second-order valence-electron chi connectivity index (χ2n) is 7.24. The highest BCUT2D eigenvalue weighted by molar-refractivity contribution is 5.76. The van der Waals surface area contributed by atoms with Crippen LogP contribution in [0.25, 0.3) is 0 Å². The second-order valence-corrected chi connectivity index (χ2v) is 7.24. The Balaban J connectivity index is 1.62. The number of carbonyl (C=O) groups is 2. The summed E-state index contributed by atoms with van der Waals surface area (Å²) < 4.78 is 19.5. The Morgan fingerprint density at radius 1 is 1.38 bits per heavy atom. The molecule has 2 amide bonds. The summed E-state index contributed by atoms with van der Waals surface area (Å²) >= 11 is 0. The lowest BCUT2D eigenvalue weighted by atomic mass is 10.1. The van der Waals surface area contributed by atoms with Crippen LogP contribution in [0.15, 0.2) is 18.2 Å². The van der Waals surface area contributed by atoms with Crippen LogP contribution in [0.5, 0.6) is 5.75 Å². The number of urea groups is 1. The van der Waals surface area contributed by atoms with E-state index in [0.29, 0.717) is 31.4 Å². The lowest BCUT2D eigenvalue weighted by Crippen LogP contribution is -2.45. The quantitative estimate of drug-likeness (QED) is 0.213. The first kappa shape index (κ1) is 23.1. The number of benzene rings is 1. The fraction of sp³-hybridized carbons (Fsp3) is 0.600. The molecular weight excluding hydrogens is 377 g/mol. The van der Waals surface area contributed by atoms with Crippen LogP contribution < -0.4 is 26.4 Å². The van der Waals surface area contributed by atoms with Crippen molar-refractivity contribution < 1.29 is 18.7 Å². The van der Waals surface area contributed by atoms with E-state index in [1.807, 2.05) is 6.92 Å². The van der Waals surface area contributed by atoms with Gasteiger partial charge in [-0.15, -0.1) is 0 Å². The van der Waals surface area contributed by atoms with Crippen molar-refractivity contribution in [2.75, 3.05) is 33.3 Å². The van der Waals surface area contributed by atoms with E-state index in [4.69, 9.17) is 4.74 Å². The highest BCUT2D eigenvalue weighted by Crippen LogP contribution is 2.30. The summed E-state index contributed by atoms with van der Waals surface area (Å²) in [5, 5.41) is 2.52. The smallest absolute Gasteiger partial charge is 0.317 e. The Morgan fingerprint density at radius 2 is 2.17 bits per heavy atom. The highest BCUT2D eigenvalue weighted by Gasteiger charge is 2.22. The topological polar surface area (TPSA) is 94.7 Å². The fourth-order valence-corrected chi connectivity index (χ4v) is 2.74. The molecule has 29 heavy (non-hydrogen) atoms. The van der Waals surface area contributed by atoms with Crippen LogP contribution in [-0.2, 0) is 4.79 Å². The number of nitrogens with one attached hydrogen (secondary N) is 4. The maximum Gasteiger partial charge on any atom is 0.317 e. The van der Waals surface area contributed by atoms with Gasteiger partial charge in [0.2, 0.25) is 0 Å². The lowest BCUT2D eigenvalue weighted by Gasteiger charge is -2.20. The first-order valence-electron chi connectivity index (χ1n) is 10.1. The molecule has 1 aromatic carbocycles. The van der Waals surface area contributed by atoms with E-state index in [-0.39, 0.29) is 24.4 Å². The van der Waals surface area contributed by atoms with E-state index < -0.39 is 0 Å². The maximum absolute atomic E-state index is 13.9. The van der Waals surface area contributed by atoms with Crippen LogP contribution in [0, 0.1) is 11.7 Å². The minimum atomic E-state index is -0.340. The summed E-state index contributed by atoms with van der Waals surface area (Å²) in [5.74, 6) is 0.529. The minimum Gasteiger partial charge on any atom is -0.490 e. The maximum atomic E-state index is 13.9. The standard InChI is InChI=1S/C20H32FN5O3/c1-15(17-7-8-18(21)19(13-17)29-14-16-5-6-16)24-25-23-9-3-4-10-26(11-12-27)20(28)22-2/h7-8,12-13,15-16,23-25H,3-6,9-11,14H2,1-2H3,(H,22,28). The van der Waals surface area contributed by atoms with Gasteiger partial charge in [0.25, 0.3) is 0 Å². The van der Waals surface area contributed by atoms with Gasteiger partial charge in [0.1, 0.15) is 6.29 Å². The van der Waals surface area contributed by atoms with E-state index >= 15 is 0 Å². The molecule has 1 fully saturated rings. The highest BCUT2D eigenvalue weighted by atomic mass is 19.1. The Kier molecular flexibility index (Phi) is 9.82. The van der Waals surface area contributed by atoms with Crippen LogP contribution in [-0.4, -0.2) is 50.5 Å². The lowest BCUT2D eigenvalue weighted by molar-refractivity contribution is -0.108. The zero-order valence-electron chi connectivity index (χ0n) is 17.2. The Hall–Kier alpha value is -2.23. The van der Waals surface area contributed by atoms with Gasteiger partial charge in [0.05, 0.1) is 13.2 Å². The molecule has 0 heterocycles. The molecule has 8 nitrogen and oxygen atoms in total. The number of carbonyl (C=O) groups excluding carboxylic acids is 2. The molecule has 1 aromatic rings. The molecule has 0 aliphatic heterocycles. The molecule has 1 aliphatic rings. The predicted molar refractivity (Wildman–Crippen MR) is 109 cm³/mol. The number of hydrogen-bond donors (Lipinski definition) is 4. The minimum absolute atomic E-state index is 0.0530. The molecule has 0 bridgehead atoms. The monoisotopic (exact) mass is 409 g/mol. The number of ether oxygens (including phenoxy) is 1. The van der Waals surface area contributed by atoms with Crippen molar-refractivity contribution in [2.24, 2.45) is 5.92 Å². The first-order chi connectivity index (χ1) is 14.0. The van der Waals surface area contributed by atoms with Crippen molar-refractivity contribution in [2.45, 2.75) is 38.6 Å². The molecule has 0 aromatic heterocycles. The van der Waals surface area contributed by atoms with Gasteiger partial charge in [-0.05, 0) is 56.2 Å². The molecule has 0 radical (unpaired) electrons. The summed E-state index contributed by atoms with van der Waals surface area (Å²) in [6.07, 6.45) is 4.64. The molecule has 1 atom stereocenters. The number of hydrazine groups is 2. The molecule has 0 spiro atoms. The van der Waals surface area contributed by atoms with Crippen molar-refractivity contribution in [3.63, 3.8) is 0 Å². The van der Waals surface area contributed by atoms with E-state index in [1.165, 1.54) is 11.0 Å². The fourth-order valence-electron chi connectivity index (χ4n) is 2.74. The number of rotatable bonds is 14. The van der Waals surface area contributed by atoms with E-state index in [2.05, 4.69) is 21.7 Å². The summed E-state index contributed by atoms with van der Waals surface area (Å²) in [5.41, 5.74) is 10.0. The SMILES string of the molecule is CNC(=O)N(CC=O)CCCCNNNC(C)c1ccc(F)c(OCC2CC2)c1. The van der Waals surface area contributed by atoms with Crippen molar-refractivity contribution in [3.8, 4) is 5.75 Å². The Labute approximate surface area is 171 Å². The Morgan fingerprint density at radius 3 is 2.86 bits per heavy atom. The first-order valence-corrected chi connectivity index (χ1v) is 10.1. The summed E-state index contributed by atoms with van der Waals surface area (Å²) in [6.45, 7) is 3.83. The van der Waals surface area contributed by atoms with Gasteiger partial charge >= 0.3 is 6.03 Å². The number of aldehydes is 1. The molecule has 0 saturated heterocycles. The average Bonchev–Trinajstić information content (AvgIpc) is 3.55. The third-order valence-corrected chi connectivity index (χ3v) is 4.78. The molecule has 1 unspecified atom stereocenters. The number of halogens is 1.